The molecule has 0 radical (unpaired) electrons. The van der Waals surface area contributed by atoms with E-state index < -0.39 is 40.0 Å². The van der Waals surface area contributed by atoms with E-state index in [1.165, 1.54) is 24.3 Å². The largest absolute Gasteiger partial charge is 0.352 e. The molecule has 8 nitrogen and oxygen atoms in total. The number of hydrogen-bond acceptors (Lipinski definition) is 6. The number of nitro groups is 1. The van der Waals surface area contributed by atoms with Crippen LogP contribution in [0.5, 0.6) is 0 Å². The van der Waals surface area contributed by atoms with Crippen LogP contribution in [0.4, 0.5) is 17.1 Å². The van der Waals surface area contributed by atoms with E-state index in [1.807, 2.05) is 41.3 Å². The molecular weight excluding hydrogens is 598 g/mol. The Labute approximate surface area is 248 Å². The Morgan fingerprint density at radius 1 is 0.881 bits per heavy atom. The molecule has 4 atom stereocenters. The summed E-state index contributed by atoms with van der Waals surface area (Å²) in [5, 5.41) is 14.6. The van der Waals surface area contributed by atoms with E-state index >= 15 is 0 Å². The topological polar surface area (TPSA) is 110 Å². The predicted molar refractivity (Wildman–Crippen MR) is 162 cm³/mol. The molecule has 0 unspecified atom stereocenters. The first-order chi connectivity index (χ1) is 20.3. The van der Waals surface area contributed by atoms with Gasteiger partial charge in [0.15, 0.2) is 11.6 Å². The van der Waals surface area contributed by atoms with Crippen molar-refractivity contribution in [3.05, 3.63) is 140 Å². The molecule has 1 N–H and O–H groups in total. The van der Waals surface area contributed by atoms with Gasteiger partial charge in [-0.2, -0.15) is 0 Å². The van der Waals surface area contributed by atoms with Gasteiger partial charge in [0.1, 0.15) is 11.5 Å². The summed E-state index contributed by atoms with van der Waals surface area (Å²) in [6, 6.07) is 25.4. The third kappa shape index (κ3) is 3.63. The maximum Gasteiger partial charge on any atom is 0.270 e. The zero-order chi connectivity index (χ0) is 29.2. The van der Waals surface area contributed by atoms with Crippen LogP contribution in [-0.2, 0) is 10.2 Å². The van der Waals surface area contributed by atoms with Crippen LogP contribution in [-0.4, -0.2) is 34.5 Å². The highest BCUT2D eigenvalue weighted by Crippen LogP contribution is 2.58. The van der Waals surface area contributed by atoms with Crippen molar-refractivity contribution in [2.24, 2.45) is 5.92 Å². The fraction of sp³-hybridized carbons (Fsp3) is 0.121. The number of amides is 1. The van der Waals surface area contributed by atoms with E-state index in [2.05, 4.69) is 21.2 Å². The summed E-state index contributed by atoms with van der Waals surface area (Å²) < 4.78 is 0.798. The van der Waals surface area contributed by atoms with Gasteiger partial charge in [0, 0.05) is 39.1 Å². The maximum absolute atomic E-state index is 14.7. The summed E-state index contributed by atoms with van der Waals surface area (Å²) in [6.45, 7) is 0. The second-order valence-corrected chi connectivity index (χ2v) is 11.5. The van der Waals surface area contributed by atoms with Gasteiger partial charge in [-0.1, -0.05) is 88.7 Å². The van der Waals surface area contributed by atoms with E-state index in [0.717, 1.165) is 15.7 Å². The van der Waals surface area contributed by atoms with Crippen LogP contribution in [0.15, 0.2) is 108 Å². The molecule has 0 aromatic heterocycles. The van der Waals surface area contributed by atoms with Crippen LogP contribution in [0, 0.1) is 16.0 Å². The molecule has 1 spiro atoms. The van der Waals surface area contributed by atoms with Gasteiger partial charge in [0.05, 0.1) is 16.9 Å². The number of nitro benzene ring substituents is 1. The molecule has 3 aliphatic heterocycles. The van der Waals surface area contributed by atoms with Crippen LogP contribution in [0.2, 0.25) is 0 Å². The van der Waals surface area contributed by atoms with Gasteiger partial charge in [-0.15, -0.1) is 0 Å². The van der Waals surface area contributed by atoms with Crippen molar-refractivity contribution in [2.75, 3.05) is 10.2 Å². The maximum atomic E-state index is 14.7. The molecule has 0 aliphatic carbocycles. The van der Waals surface area contributed by atoms with Crippen LogP contribution < -0.4 is 10.2 Å². The molecular formula is C33H22BrN3O5. The Morgan fingerprint density at radius 2 is 1.62 bits per heavy atom. The summed E-state index contributed by atoms with van der Waals surface area (Å²) in [4.78, 5) is 56.8. The summed E-state index contributed by atoms with van der Waals surface area (Å²) in [6.07, 6.45) is 3.77. The fourth-order valence-electron chi connectivity index (χ4n) is 6.86. The number of rotatable bonds is 5. The van der Waals surface area contributed by atoms with Crippen LogP contribution in [0.3, 0.4) is 0 Å². The number of fused-ring (bicyclic) bond motifs is 5. The molecule has 7 rings (SSSR count). The minimum absolute atomic E-state index is 0.106. The molecule has 4 aromatic carbocycles. The van der Waals surface area contributed by atoms with E-state index in [4.69, 9.17) is 0 Å². The highest BCUT2D eigenvalue weighted by molar-refractivity contribution is 9.10. The predicted octanol–water partition coefficient (Wildman–Crippen LogP) is 6.21. The molecule has 0 bridgehead atoms. The number of anilines is 2. The third-order valence-corrected chi connectivity index (χ3v) is 9.08. The molecule has 0 saturated carbocycles. The van der Waals surface area contributed by atoms with Crippen molar-refractivity contribution in [3.63, 3.8) is 0 Å². The number of hydrogen-bond donors (Lipinski definition) is 1. The Balaban J connectivity index is 1.53. The molecule has 9 heteroatoms. The first-order valence-electron chi connectivity index (χ1n) is 13.4. The molecule has 1 fully saturated rings. The van der Waals surface area contributed by atoms with Crippen molar-refractivity contribution in [3.8, 4) is 0 Å². The van der Waals surface area contributed by atoms with E-state index in [-0.39, 0.29) is 17.0 Å². The SMILES string of the molecule is O=C(c1cccc([N+](=O)[O-])c1)[C@@H]1[C@H]2C=Cc3ccccc3N2[C@H](C(=O)c2ccc(Br)cc2)[C@@]12C(=O)Nc1ccccc12. The summed E-state index contributed by atoms with van der Waals surface area (Å²) in [5.74, 6) is -2.28. The minimum atomic E-state index is -1.63. The lowest BCUT2D eigenvalue weighted by Gasteiger charge is -2.37. The van der Waals surface area contributed by atoms with Crippen molar-refractivity contribution in [1.29, 1.82) is 0 Å². The zero-order valence-electron chi connectivity index (χ0n) is 21.9. The van der Waals surface area contributed by atoms with Gasteiger partial charge in [-0.05, 0) is 35.4 Å². The van der Waals surface area contributed by atoms with E-state index in [9.17, 15) is 24.5 Å². The number of nitrogens with zero attached hydrogens (tertiary/aromatic N) is 2. The number of carbonyl (C=O) groups excluding carboxylic acids is 3. The van der Waals surface area contributed by atoms with Gasteiger partial charge in [-0.25, -0.2) is 0 Å². The molecule has 42 heavy (non-hydrogen) atoms. The summed E-state index contributed by atoms with van der Waals surface area (Å²) in [7, 11) is 0. The van der Waals surface area contributed by atoms with Gasteiger partial charge < -0.3 is 10.2 Å². The average molecular weight is 620 g/mol. The Bertz CT molecular complexity index is 1850. The van der Waals surface area contributed by atoms with Crippen molar-refractivity contribution in [1.82, 2.24) is 0 Å². The van der Waals surface area contributed by atoms with Crippen molar-refractivity contribution >= 4 is 56.5 Å². The number of para-hydroxylation sites is 2. The third-order valence-electron chi connectivity index (χ3n) is 8.55. The smallest absolute Gasteiger partial charge is 0.270 e. The number of ketones is 2. The van der Waals surface area contributed by atoms with E-state index in [0.29, 0.717) is 16.8 Å². The van der Waals surface area contributed by atoms with Crippen LogP contribution in [0.25, 0.3) is 6.08 Å². The zero-order valence-corrected chi connectivity index (χ0v) is 23.5. The lowest BCUT2D eigenvalue weighted by molar-refractivity contribution is -0.384. The average Bonchev–Trinajstić information content (AvgIpc) is 3.48. The Morgan fingerprint density at radius 3 is 2.40 bits per heavy atom. The lowest BCUT2D eigenvalue weighted by atomic mass is 9.63. The fourth-order valence-corrected chi connectivity index (χ4v) is 7.13. The second-order valence-electron chi connectivity index (χ2n) is 10.6. The lowest BCUT2D eigenvalue weighted by Crippen LogP contribution is -2.55. The molecule has 3 aliphatic rings. The number of non-ortho nitro benzene ring substituents is 1. The molecule has 1 amide bonds. The van der Waals surface area contributed by atoms with Gasteiger partial charge in [0.25, 0.3) is 5.69 Å². The highest BCUT2D eigenvalue weighted by Gasteiger charge is 2.71. The van der Waals surface area contributed by atoms with E-state index in [1.54, 1.807) is 48.5 Å². The van der Waals surface area contributed by atoms with Crippen LogP contribution in [0.1, 0.15) is 31.8 Å². The number of carbonyl (C=O) groups is 3. The monoisotopic (exact) mass is 619 g/mol. The first-order valence-corrected chi connectivity index (χ1v) is 14.2. The number of benzene rings is 4. The summed E-state index contributed by atoms with van der Waals surface area (Å²) in [5.41, 5.74) is 1.31. The minimum Gasteiger partial charge on any atom is -0.352 e. The first kappa shape index (κ1) is 26.0. The highest BCUT2D eigenvalue weighted by atomic mass is 79.9. The molecule has 4 aromatic rings. The number of nitrogens with one attached hydrogen (secondary N) is 1. The normalized spacial score (nSPS) is 23.2. The van der Waals surface area contributed by atoms with Gasteiger partial charge >= 0.3 is 0 Å². The Kier molecular flexibility index (Phi) is 5.95. The van der Waals surface area contributed by atoms with Crippen molar-refractivity contribution in [2.45, 2.75) is 17.5 Å². The molecule has 206 valence electrons. The number of Topliss-reactive ketones (excluding diaryl/α,β-unsaturated/α-hetero) is 2. The second kappa shape index (κ2) is 9.60. The Hall–Kier alpha value is -4.89. The number of halogens is 1. The van der Waals surface area contributed by atoms with Gasteiger partial charge in [0.2, 0.25) is 5.91 Å². The standard InChI is InChI=1S/C33H22BrN3O5/c34-22-15-12-20(13-16-22)30(39)31-33(24-9-2-3-10-25(24)35-32(33)40)28(29(38)21-7-5-8-23(18-21)37(41)42)27-17-14-19-6-1-4-11-26(19)36(27)31/h1-18,27-28,31H,(H,35,40)/t27-,28+,31-,33+/m1/s1. The quantitative estimate of drug-likeness (QED) is 0.161. The molecule has 3 heterocycles. The molecule has 1 saturated heterocycles. The summed E-state index contributed by atoms with van der Waals surface area (Å²) >= 11 is 3.43. The van der Waals surface area contributed by atoms with Crippen molar-refractivity contribution < 1.29 is 19.3 Å². The van der Waals surface area contributed by atoms with Crippen LogP contribution >= 0.6 is 15.9 Å². The van der Waals surface area contributed by atoms with Gasteiger partial charge in [-0.3, -0.25) is 24.5 Å².